The number of nitrogens with zero attached hydrogens (tertiary/aromatic N) is 1. The molecule has 0 saturated carbocycles. The zero-order chi connectivity index (χ0) is 18.5. The quantitative estimate of drug-likeness (QED) is 0.725. The first-order valence-electron chi connectivity index (χ1n) is 8.95. The Labute approximate surface area is 151 Å². The molecule has 1 saturated heterocycles. The third-order valence-electron chi connectivity index (χ3n) is 5.90. The molecule has 5 heteroatoms. The van der Waals surface area contributed by atoms with Gasteiger partial charge in [-0.25, -0.2) is 0 Å². The summed E-state index contributed by atoms with van der Waals surface area (Å²) in [6, 6.07) is 12.1. The molecule has 2 nitrogen and oxygen atoms in total. The fourth-order valence-electron chi connectivity index (χ4n) is 4.77. The molecule has 0 spiro atoms. The monoisotopic (exact) mass is 361 g/mol. The molecule has 1 aliphatic carbocycles. The molecule has 2 aliphatic rings. The summed E-state index contributed by atoms with van der Waals surface area (Å²) in [6.45, 7) is 1.04. The maximum absolute atomic E-state index is 12.9. The summed E-state index contributed by atoms with van der Waals surface area (Å²) in [5.41, 5.74) is 2.84. The van der Waals surface area contributed by atoms with Gasteiger partial charge >= 0.3 is 6.18 Å². The summed E-state index contributed by atoms with van der Waals surface area (Å²) >= 11 is 0. The minimum Gasteiger partial charge on any atom is -0.497 e. The number of halogens is 3. The average molecular weight is 361 g/mol. The Kier molecular flexibility index (Phi) is 4.22. The lowest BCUT2D eigenvalue weighted by molar-refractivity contribution is -0.137. The van der Waals surface area contributed by atoms with Gasteiger partial charge in [0, 0.05) is 12.0 Å². The van der Waals surface area contributed by atoms with Crippen molar-refractivity contribution in [2.24, 2.45) is 5.92 Å². The minimum absolute atomic E-state index is 0.130. The second kappa shape index (κ2) is 6.31. The van der Waals surface area contributed by atoms with Crippen LogP contribution in [-0.4, -0.2) is 25.6 Å². The van der Waals surface area contributed by atoms with Crippen LogP contribution in [-0.2, 0) is 6.18 Å². The molecule has 3 unspecified atom stereocenters. The number of methoxy groups -OCH3 is 1. The van der Waals surface area contributed by atoms with Crippen molar-refractivity contribution in [1.29, 1.82) is 0 Å². The molecular formula is C21H22F3NO. The van der Waals surface area contributed by atoms with Crippen molar-refractivity contribution < 1.29 is 17.9 Å². The van der Waals surface area contributed by atoms with Gasteiger partial charge in [0.1, 0.15) is 5.75 Å². The van der Waals surface area contributed by atoms with Gasteiger partial charge in [-0.05, 0) is 73.3 Å². The van der Waals surface area contributed by atoms with E-state index in [2.05, 4.69) is 24.1 Å². The first-order valence-corrected chi connectivity index (χ1v) is 8.95. The molecule has 4 rings (SSSR count). The zero-order valence-corrected chi connectivity index (χ0v) is 14.9. The molecule has 0 bridgehead atoms. The van der Waals surface area contributed by atoms with Crippen LogP contribution in [0.5, 0.6) is 5.75 Å². The van der Waals surface area contributed by atoms with Crippen LogP contribution < -0.4 is 4.74 Å². The third-order valence-corrected chi connectivity index (χ3v) is 5.90. The van der Waals surface area contributed by atoms with Crippen LogP contribution in [0, 0.1) is 5.92 Å². The molecular weight excluding hydrogens is 339 g/mol. The van der Waals surface area contributed by atoms with Crippen molar-refractivity contribution >= 4 is 0 Å². The number of hydrogen-bond donors (Lipinski definition) is 0. The highest BCUT2D eigenvalue weighted by Gasteiger charge is 2.45. The van der Waals surface area contributed by atoms with Gasteiger partial charge in [0.2, 0.25) is 0 Å². The summed E-state index contributed by atoms with van der Waals surface area (Å²) in [4.78, 5) is 2.37. The summed E-state index contributed by atoms with van der Waals surface area (Å²) < 4.78 is 44.2. The summed E-state index contributed by atoms with van der Waals surface area (Å²) in [6.07, 6.45) is -2.11. The SMILES string of the molecule is COc1ccc2c(c1)C1C(CCCN1C)C2c1ccc(C(F)(F)F)cc1. The first-order chi connectivity index (χ1) is 12.4. The van der Waals surface area contributed by atoms with E-state index in [1.165, 1.54) is 23.3 Å². The molecule has 0 radical (unpaired) electrons. The number of rotatable bonds is 2. The molecule has 0 amide bonds. The predicted octanol–water partition coefficient (Wildman–Crippen LogP) is 5.24. The van der Waals surface area contributed by atoms with E-state index in [4.69, 9.17) is 4.74 Å². The average Bonchev–Trinajstić information content (AvgIpc) is 2.95. The van der Waals surface area contributed by atoms with E-state index < -0.39 is 11.7 Å². The molecule has 1 fully saturated rings. The van der Waals surface area contributed by atoms with Crippen molar-refractivity contribution in [2.45, 2.75) is 31.0 Å². The molecule has 26 heavy (non-hydrogen) atoms. The van der Waals surface area contributed by atoms with Crippen LogP contribution in [0.2, 0.25) is 0 Å². The Morgan fingerprint density at radius 3 is 2.42 bits per heavy atom. The van der Waals surface area contributed by atoms with E-state index in [1.807, 2.05) is 6.07 Å². The van der Waals surface area contributed by atoms with E-state index in [0.717, 1.165) is 30.7 Å². The highest BCUT2D eigenvalue weighted by Crippen LogP contribution is 2.55. The number of alkyl halides is 3. The maximum Gasteiger partial charge on any atom is 0.416 e. The molecule has 1 heterocycles. The molecule has 0 N–H and O–H groups in total. The van der Waals surface area contributed by atoms with Gasteiger partial charge in [0.15, 0.2) is 0 Å². The molecule has 2 aromatic carbocycles. The van der Waals surface area contributed by atoms with Crippen LogP contribution in [0.3, 0.4) is 0 Å². The molecule has 2 aromatic rings. The van der Waals surface area contributed by atoms with Crippen LogP contribution in [0.15, 0.2) is 42.5 Å². The van der Waals surface area contributed by atoms with Gasteiger partial charge in [-0.1, -0.05) is 18.2 Å². The fourth-order valence-corrected chi connectivity index (χ4v) is 4.77. The summed E-state index contributed by atoms with van der Waals surface area (Å²) in [5, 5.41) is 0. The molecule has 3 atom stereocenters. The smallest absolute Gasteiger partial charge is 0.416 e. The Balaban J connectivity index is 1.79. The lowest BCUT2D eigenvalue weighted by Gasteiger charge is -2.37. The fraction of sp³-hybridized carbons (Fsp3) is 0.429. The van der Waals surface area contributed by atoms with Gasteiger partial charge in [-0.3, -0.25) is 4.90 Å². The maximum atomic E-state index is 12.9. The minimum atomic E-state index is -4.30. The van der Waals surface area contributed by atoms with Crippen LogP contribution >= 0.6 is 0 Å². The van der Waals surface area contributed by atoms with Crippen molar-refractivity contribution in [3.05, 3.63) is 64.7 Å². The van der Waals surface area contributed by atoms with Crippen molar-refractivity contribution in [1.82, 2.24) is 4.90 Å². The third kappa shape index (κ3) is 2.78. The van der Waals surface area contributed by atoms with Gasteiger partial charge < -0.3 is 4.74 Å². The Bertz CT molecular complexity index is 800. The topological polar surface area (TPSA) is 12.5 Å². The molecule has 1 aliphatic heterocycles. The standard InChI is InChI=1S/C21H22F3NO/c1-25-11-3-4-17-19(13-5-7-14(8-6-13)21(22,23)24)16-10-9-15(26-2)12-18(16)20(17)25/h5-10,12,17,19-20H,3-4,11H2,1-2H3. The van der Waals surface area contributed by atoms with Gasteiger partial charge in [-0.2, -0.15) is 13.2 Å². The number of hydrogen-bond acceptors (Lipinski definition) is 2. The zero-order valence-electron chi connectivity index (χ0n) is 14.9. The Morgan fingerprint density at radius 2 is 1.77 bits per heavy atom. The number of fused-ring (bicyclic) bond motifs is 3. The normalized spacial score (nSPS) is 25.7. The van der Waals surface area contributed by atoms with Crippen molar-refractivity contribution in [3.63, 3.8) is 0 Å². The van der Waals surface area contributed by atoms with E-state index in [-0.39, 0.29) is 5.92 Å². The number of piperidine rings is 1. The highest BCUT2D eigenvalue weighted by atomic mass is 19.4. The number of ether oxygens (including phenoxy) is 1. The number of likely N-dealkylation sites (tertiary alicyclic amines) is 1. The van der Waals surface area contributed by atoms with Gasteiger partial charge in [0.05, 0.1) is 12.7 Å². The Hall–Kier alpha value is -2.01. The van der Waals surface area contributed by atoms with Crippen LogP contribution in [0.4, 0.5) is 13.2 Å². The Morgan fingerprint density at radius 1 is 1.04 bits per heavy atom. The van der Waals surface area contributed by atoms with Crippen molar-refractivity contribution in [3.8, 4) is 5.75 Å². The van der Waals surface area contributed by atoms with E-state index >= 15 is 0 Å². The van der Waals surface area contributed by atoms with Gasteiger partial charge in [0.25, 0.3) is 0 Å². The van der Waals surface area contributed by atoms with E-state index in [9.17, 15) is 13.2 Å². The highest BCUT2D eigenvalue weighted by molar-refractivity contribution is 5.50. The molecule has 138 valence electrons. The lowest BCUT2D eigenvalue weighted by Crippen LogP contribution is -2.34. The predicted molar refractivity (Wildman–Crippen MR) is 94.4 cm³/mol. The lowest BCUT2D eigenvalue weighted by atomic mass is 9.80. The number of benzene rings is 2. The molecule has 0 aromatic heterocycles. The largest absolute Gasteiger partial charge is 0.497 e. The second-order valence-corrected chi connectivity index (χ2v) is 7.32. The van der Waals surface area contributed by atoms with E-state index in [1.54, 1.807) is 19.2 Å². The van der Waals surface area contributed by atoms with Crippen LogP contribution in [0.25, 0.3) is 0 Å². The van der Waals surface area contributed by atoms with Crippen LogP contribution in [0.1, 0.15) is 47.1 Å². The summed E-state index contributed by atoms with van der Waals surface area (Å²) in [5.74, 6) is 1.34. The summed E-state index contributed by atoms with van der Waals surface area (Å²) in [7, 11) is 3.79. The van der Waals surface area contributed by atoms with E-state index in [0.29, 0.717) is 12.0 Å². The van der Waals surface area contributed by atoms with Gasteiger partial charge in [-0.15, -0.1) is 0 Å². The second-order valence-electron chi connectivity index (χ2n) is 7.32. The first kappa shape index (κ1) is 17.4. The van der Waals surface area contributed by atoms with Crippen molar-refractivity contribution in [2.75, 3.05) is 20.7 Å².